The molecular weight excluding hydrogens is 322 g/mol. The molecule has 6 heteroatoms. The van der Waals surface area contributed by atoms with E-state index in [-0.39, 0.29) is 29.9 Å². The summed E-state index contributed by atoms with van der Waals surface area (Å²) >= 11 is 0. The fourth-order valence-corrected chi connectivity index (χ4v) is 2.39. The second-order valence-corrected chi connectivity index (χ2v) is 5.53. The predicted molar refractivity (Wildman–Crippen MR) is 93.3 cm³/mol. The van der Waals surface area contributed by atoms with E-state index in [2.05, 4.69) is 5.32 Å². The molecule has 0 heterocycles. The normalized spacial score (nSPS) is 10.2. The van der Waals surface area contributed by atoms with E-state index in [0.29, 0.717) is 11.3 Å². The number of amides is 1. The smallest absolute Gasteiger partial charge is 0.337 e. The van der Waals surface area contributed by atoms with Gasteiger partial charge in [0, 0.05) is 12.8 Å². The number of carboxylic acids is 1. The highest BCUT2D eigenvalue weighted by molar-refractivity contribution is 6.03. The molecule has 6 nitrogen and oxygen atoms in total. The molecule has 0 saturated carbocycles. The number of aryl methyl sites for hydroxylation is 1. The standard InChI is InChI=1S/C19H19NO5/c1-12-7-9-17(25-2)14(11-12)16(21)8-10-18(22)20-15-6-4-3-5-13(15)19(23)24/h3-7,9,11H,8,10H2,1-2H3,(H,20,22)(H,23,24). The summed E-state index contributed by atoms with van der Waals surface area (Å²) in [4.78, 5) is 35.5. The molecule has 0 aromatic heterocycles. The van der Waals surface area contributed by atoms with Crippen LogP contribution in [0.2, 0.25) is 0 Å². The Balaban J connectivity index is 2.02. The Labute approximate surface area is 145 Å². The molecule has 0 aliphatic carbocycles. The van der Waals surface area contributed by atoms with Crippen molar-refractivity contribution < 1.29 is 24.2 Å². The summed E-state index contributed by atoms with van der Waals surface area (Å²) in [5.74, 6) is -1.29. The maximum atomic E-state index is 12.4. The largest absolute Gasteiger partial charge is 0.496 e. The number of anilines is 1. The Bertz CT molecular complexity index is 813. The van der Waals surface area contributed by atoms with Crippen LogP contribution >= 0.6 is 0 Å². The van der Waals surface area contributed by atoms with Gasteiger partial charge in [0.1, 0.15) is 5.75 Å². The summed E-state index contributed by atoms with van der Waals surface area (Å²) in [6.45, 7) is 1.87. The summed E-state index contributed by atoms with van der Waals surface area (Å²) in [6.07, 6.45) is -0.0508. The van der Waals surface area contributed by atoms with Crippen molar-refractivity contribution >= 4 is 23.3 Å². The van der Waals surface area contributed by atoms with Crippen LogP contribution in [0, 0.1) is 6.92 Å². The van der Waals surface area contributed by atoms with Gasteiger partial charge in [-0.15, -0.1) is 0 Å². The number of ketones is 1. The Hall–Kier alpha value is -3.15. The van der Waals surface area contributed by atoms with E-state index in [1.54, 1.807) is 24.3 Å². The van der Waals surface area contributed by atoms with Crippen molar-refractivity contribution in [2.24, 2.45) is 0 Å². The molecule has 0 aliphatic heterocycles. The van der Waals surface area contributed by atoms with E-state index in [1.165, 1.54) is 19.2 Å². The van der Waals surface area contributed by atoms with E-state index in [0.717, 1.165) is 5.56 Å². The van der Waals surface area contributed by atoms with Gasteiger partial charge in [0.15, 0.2) is 5.78 Å². The first kappa shape index (κ1) is 18.2. The van der Waals surface area contributed by atoms with Gasteiger partial charge in [-0.05, 0) is 31.2 Å². The van der Waals surface area contributed by atoms with Crippen LogP contribution in [0.4, 0.5) is 5.69 Å². The lowest BCUT2D eigenvalue weighted by atomic mass is 10.0. The van der Waals surface area contributed by atoms with Gasteiger partial charge in [-0.1, -0.05) is 23.8 Å². The number of carbonyl (C=O) groups is 3. The van der Waals surface area contributed by atoms with Crippen molar-refractivity contribution in [3.05, 3.63) is 59.2 Å². The first-order chi connectivity index (χ1) is 11.9. The molecule has 0 unspecified atom stereocenters. The lowest BCUT2D eigenvalue weighted by molar-refractivity contribution is -0.116. The SMILES string of the molecule is COc1ccc(C)cc1C(=O)CCC(=O)Nc1ccccc1C(=O)O. The maximum absolute atomic E-state index is 12.4. The van der Waals surface area contributed by atoms with E-state index >= 15 is 0 Å². The van der Waals surface area contributed by atoms with Crippen LogP contribution < -0.4 is 10.1 Å². The van der Waals surface area contributed by atoms with Crippen LogP contribution in [-0.4, -0.2) is 29.9 Å². The Morgan fingerprint density at radius 2 is 1.76 bits per heavy atom. The van der Waals surface area contributed by atoms with Crippen LogP contribution in [0.5, 0.6) is 5.75 Å². The highest BCUT2D eigenvalue weighted by Gasteiger charge is 2.16. The average molecular weight is 341 g/mol. The second-order valence-electron chi connectivity index (χ2n) is 5.53. The molecule has 0 fully saturated rings. The second kappa shape index (κ2) is 8.10. The minimum absolute atomic E-state index is 0.000878. The first-order valence-corrected chi connectivity index (χ1v) is 7.72. The molecule has 25 heavy (non-hydrogen) atoms. The third-order valence-electron chi connectivity index (χ3n) is 3.67. The van der Waals surface area contributed by atoms with Crippen molar-refractivity contribution in [1.29, 1.82) is 0 Å². The summed E-state index contributed by atoms with van der Waals surface area (Å²) in [6, 6.07) is 11.4. The van der Waals surface area contributed by atoms with Gasteiger partial charge >= 0.3 is 5.97 Å². The molecule has 0 saturated heterocycles. The fraction of sp³-hybridized carbons (Fsp3) is 0.211. The summed E-state index contributed by atoms with van der Waals surface area (Å²) in [5.41, 5.74) is 1.56. The van der Waals surface area contributed by atoms with Gasteiger partial charge in [-0.25, -0.2) is 4.79 Å². The van der Waals surface area contributed by atoms with Crippen molar-refractivity contribution in [1.82, 2.24) is 0 Å². The summed E-state index contributed by atoms with van der Waals surface area (Å²) in [5, 5.41) is 11.6. The van der Waals surface area contributed by atoms with Gasteiger partial charge in [0.05, 0.1) is 23.9 Å². The number of carboxylic acid groups (broad SMARTS) is 1. The van der Waals surface area contributed by atoms with Gasteiger partial charge in [0.2, 0.25) is 5.91 Å². The van der Waals surface area contributed by atoms with Crippen LogP contribution in [0.15, 0.2) is 42.5 Å². The number of aromatic carboxylic acids is 1. The molecule has 0 spiro atoms. The zero-order valence-electron chi connectivity index (χ0n) is 14.0. The molecule has 0 bridgehead atoms. The lowest BCUT2D eigenvalue weighted by Gasteiger charge is -2.10. The number of Topliss-reactive ketones (excluding diaryl/α,β-unsaturated/α-hetero) is 1. The molecule has 2 aromatic rings. The number of methoxy groups -OCH3 is 1. The van der Waals surface area contributed by atoms with E-state index in [4.69, 9.17) is 9.84 Å². The number of hydrogen-bond acceptors (Lipinski definition) is 4. The maximum Gasteiger partial charge on any atom is 0.337 e. The number of ether oxygens (including phenoxy) is 1. The number of carbonyl (C=O) groups excluding carboxylic acids is 2. The molecule has 0 atom stereocenters. The van der Waals surface area contributed by atoms with Crippen LogP contribution in [-0.2, 0) is 4.79 Å². The average Bonchev–Trinajstić information content (AvgIpc) is 2.60. The molecule has 2 aromatic carbocycles. The Morgan fingerprint density at radius 1 is 1.04 bits per heavy atom. The van der Waals surface area contributed by atoms with Crippen LogP contribution in [0.25, 0.3) is 0 Å². The molecule has 2 rings (SSSR count). The Morgan fingerprint density at radius 3 is 2.44 bits per heavy atom. The molecule has 1 amide bonds. The van der Waals surface area contributed by atoms with Crippen LogP contribution in [0.1, 0.15) is 39.1 Å². The zero-order valence-corrected chi connectivity index (χ0v) is 14.0. The van der Waals surface area contributed by atoms with E-state index in [1.807, 2.05) is 13.0 Å². The van der Waals surface area contributed by atoms with Crippen molar-refractivity contribution in [3.63, 3.8) is 0 Å². The van der Waals surface area contributed by atoms with Gasteiger partial charge in [-0.2, -0.15) is 0 Å². The number of nitrogens with one attached hydrogen (secondary N) is 1. The van der Waals surface area contributed by atoms with Crippen LogP contribution in [0.3, 0.4) is 0 Å². The summed E-state index contributed by atoms with van der Waals surface area (Å²) in [7, 11) is 1.48. The number of benzene rings is 2. The predicted octanol–water partition coefficient (Wildman–Crippen LogP) is 3.30. The highest BCUT2D eigenvalue weighted by Crippen LogP contribution is 2.22. The summed E-state index contributed by atoms with van der Waals surface area (Å²) < 4.78 is 5.18. The third kappa shape index (κ3) is 4.67. The van der Waals surface area contributed by atoms with Gasteiger partial charge < -0.3 is 15.2 Å². The quantitative estimate of drug-likeness (QED) is 0.754. The number of para-hydroxylation sites is 1. The van der Waals surface area contributed by atoms with E-state index in [9.17, 15) is 14.4 Å². The van der Waals surface area contributed by atoms with Gasteiger partial charge in [0.25, 0.3) is 0 Å². The van der Waals surface area contributed by atoms with Gasteiger partial charge in [-0.3, -0.25) is 9.59 Å². The monoisotopic (exact) mass is 341 g/mol. The van der Waals surface area contributed by atoms with Crippen molar-refractivity contribution in [2.75, 3.05) is 12.4 Å². The first-order valence-electron chi connectivity index (χ1n) is 7.72. The highest BCUT2D eigenvalue weighted by atomic mass is 16.5. The molecule has 0 aliphatic rings. The molecule has 2 N–H and O–H groups in total. The number of hydrogen-bond donors (Lipinski definition) is 2. The molecule has 130 valence electrons. The molecule has 0 radical (unpaired) electrons. The number of rotatable bonds is 7. The third-order valence-corrected chi connectivity index (χ3v) is 3.67. The minimum Gasteiger partial charge on any atom is -0.496 e. The topological polar surface area (TPSA) is 92.7 Å². The Kier molecular flexibility index (Phi) is 5.89. The fourth-order valence-electron chi connectivity index (χ4n) is 2.39. The minimum atomic E-state index is -1.13. The van der Waals surface area contributed by atoms with Crippen molar-refractivity contribution in [3.8, 4) is 5.75 Å². The molecular formula is C19H19NO5. The van der Waals surface area contributed by atoms with E-state index < -0.39 is 11.9 Å². The van der Waals surface area contributed by atoms with Crippen molar-refractivity contribution in [2.45, 2.75) is 19.8 Å². The zero-order chi connectivity index (χ0) is 18.4. The lowest BCUT2D eigenvalue weighted by Crippen LogP contribution is -2.16.